The Bertz CT molecular complexity index is 836. The highest BCUT2D eigenvalue weighted by atomic mass is 19.4. The molecule has 1 atom stereocenters. The van der Waals surface area contributed by atoms with Crippen LogP contribution in [0, 0.1) is 0 Å². The van der Waals surface area contributed by atoms with E-state index in [4.69, 9.17) is 4.84 Å². The highest BCUT2D eigenvalue weighted by molar-refractivity contribution is 6.01. The SMILES string of the molecule is CCC(=O)N(Cc1ccc(C(F)(F)F)cc1)C[C@@H]1CC(c2cccnc2)=NO1. The molecule has 28 heavy (non-hydrogen) atoms. The van der Waals surface area contributed by atoms with E-state index in [1.165, 1.54) is 12.1 Å². The van der Waals surface area contributed by atoms with E-state index in [0.29, 0.717) is 24.9 Å². The Labute approximate surface area is 160 Å². The number of hydrogen-bond acceptors (Lipinski definition) is 4. The topological polar surface area (TPSA) is 54.8 Å². The molecule has 1 aromatic carbocycles. The van der Waals surface area contributed by atoms with Gasteiger partial charge in [0.25, 0.3) is 0 Å². The minimum Gasteiger partial charge on any atom is -0.390 e. The van der Waals surface area contributed by atoms with Gasteiger partial charge < -0.3 is 9.74 Å². The fourth-order valence-electron chi connectivity index (χ4n) is 2.97. The molecule has 2 heterocycles. The van der Waals surface area contributed by atoms with Gasteiger partial charge in [0, 0.05) is 37.3 Å². The van der Waals surface area contributed by atoms with Crippen LogP contribution >= 0.6 is 0 Å². The molecule has 148 valence electrons. The van der Waals surface area contributed by atoms with Crippen molar-refractivity contribution in [3.8, 4) is 0 Å². The normalized spacial score (nSPS) is 16.4. The van der Waals surface area contributed by atoms with E-state index < -0.39 is 11.7 Å². The smallest absolute Gasteiger partial charge is 0.390 e. The van der Waals surface area contributed by atoms with E-state index >= 15 is 0 Å². The average Bonchev–Trinajstić information content (AvgIpc) is 3.16. The molecule has 3 rings (SSSR count). The third kappa shape index (κ3) is 4.88. The second kappa shape index (κ2) is 8.41. The molecule has 0 bridgehead atoms. The van der Waals surface area contributed by atoms with Crippen LogP contribution in [-0.4, -0.2) is 34.2 Å². The molecule has 0 unspecified atom stereocenters. The number of amides is 1. The molecule has 0 aliphatic carbocycles. The van der Waals surface area contributed by atoms with Crippen LogP contribution in [0.15, 0.2) is 53.9 Å². The average molecular weight is 391 g/mol. The molecule has 1 amide bonds. The maximum absolute atomic E-state index is 12.7. The van der Waals surface area contributed by atoms with Gasteiger partial charge in [0.05, 0.1) is 17.8 Å². The number of nitrogens with zero attached hydrogens (tertiary/aromatic N) is 3. The second-order valence-electron chi connectivity index (χ2n) is 6.53. The van der Waals surface area contributed by atoms with Crippen molar-refractivity contribution in [2.45, 2.75) is 38.6 Å². The first kappa shape index (κ1) is 19.9. The highest BCUT2D eigenvalue weighted by Gasteiger charge is 2.30. The molecular formula is C20H20F3N3O2. The summed E-state index contributed by atoms with van der Waals surface area (Å²) in [5, 5.41) is 4.08. The Morgan fingerprint density at radius 3 is 2.61 bits per heavy atom. The van der Waals surface area contributed by atoms with Crippen molar-refractivity contribution in [3.05, 3.63) is 65.5 Å². The summed E-state index contributed by atoms with van der Waals surface area (Å²) >= 11 is 0. The first-order chi connectivity index (χ1) is 13.4. The van der Waals surface area contributed by atoms with Crippen LogP contribution in [0.2, 0.25) is 0 Å². The van der Waals surface area contributed by atoms with Crippen molar-refractivity contribution in [1.82, 2.24) is 9.88 Å². The monoisotopic (exact) mass is 391 g/mol. The third-order valence-corrected chi connectivity index (χ3v) is 4.46. The minimum atomic E-state index is -4.38. The number of aromatic nitrogens is 1. The van der Waals surface area contributed by atoms with E-state index in [1.54, 1.807) is 24.2 Å². The van der Waals surface area contributed by atoms with Crippen molar-refractivity contribution >= 4 is 11.6 Å². The highest BCUT2D eigenvalue weighted by Crippen LogP contribution is 2.29. The standard InChI is InChI=1S/C20H20F3N3O2/c1-2-19(27)26(12-14-5-7-16(8-6-14)20(21,22)23)13-17-10-18(25-28-17)15-4-3-9-24-11-15/h3-9,11,17H,2,10,12-13H2,1H3/t17-/m0/s1. The molecule has 1 aromatic heterocycles. The van der Waals surface area contributed by atoms with Crippen molar-refractivity contribution in [1.29, 1.82) is 0 Å². The largest absolute Gasteiger partial charge is 0.416 e. The fraction of sp³-hybridized carbons (Fsp3) is 0.350. The number of carbonyl (C=O) groups excluding carboxylic acids is 1. The van der Waals surface area contributed by atoms with Gasteiger partial charge in [-0.2, -0.15) is 13.2 Å². The molecule has 8 heteroatoms. The number of halogens is 3. The van der Waals surface area contributed by atoms with Crippen LogP contribution in [-0.2, 0) is 22.4 Å². The lowest BCUT2D eigenvalue weighted by atomic mass is 10.1. The van der Waals surface area contributed by atoms with Gasteiger partial charge in [-0.25, -0.2) is 0 Å². The molecule has 1 aliphatic heterocycles. The van der Waals surface area contributed by atoms with E-state index in [1.807, 2.05) is 12.1 Å². The zero-order chi connectivity index (χ0) is 20.1. The quantitative estimate of drug-likeness (QED) is 0.747. The summed E-state index contributed by atoms with van der Waals surface area (Å²) in [6.45, 7) is 2.27. The van der Waals surface area contributed by atoms with Crippen LogP contribution in [0.1, 0.15) is 36.5 Å². The molecule has 0 saturated carbocycles. The van der Waals surface area contributed by atoms with Gasteiger partial charge in [-0.3, -0.25) is 9.78 Å². The molecule has 0 saturated heterocycles. The summed E-state index contributed by atoms with van der Waals surface area (Å²) in [7, 11) is 0. The zero-order valence-corrected chi connectivity index (χ0v) is 15.3. The maximum Gasteiger partial charge on any atom is 0.416 e. The molecule has 1 aliphatic rings. The first-order valence-corrected chi connectivity index (χ1v) is 8.94. The molecular weight excluding hydrogens is 371 g/mol. The molecule has 0 N–H and O–H groups in total. The van der Waals surface area contributed by atoms with Crippen LogP contribution in [0.25, 0.3) is 0 Å². The lowest BCUT2D eigenvalue weighted by Gasteiger charge is -2.24. The summed E-state index contributed by atoms with van der Waals surface area (Å²) in [6, 6.07) is 8.54. The number of alkyl halides is 3. The molecule has 0 fully saturated rings. The maximum atomic E-state index is 12.7. The number of rotatable bonds is 6. The van der Waals surface area contributed by atoms with Gasteiger partial charge in [0.2, 0.25) is 5.91 Å². The van der Waals surface area contributed by atoms with Crippen LogP contribution in [0.5, 0.6) is 0 Å². The Hall–Kier alpha value is -2.90. The summed E-state index contributed by atoms with van der Waals surface area (Å²) in [5.74, 6) is -0.0988. The van der Waals surface area contributed by atoms with E-state index in [-0.39, 0.29) is 18.6 Å². The van der Waals surface area contributed by atoms with Crippen molar-refractivity contribution < 1.29 is 22.8 Å². The Morgan fingerprint density at radius 1 is 1.25 bits per heavy atom. The first-order valence-electron chi connectivity index (χ1n) is 8.94. The van der Waals surface area contributed by atoms with Crippen molar-refractivity contribution in [3.63, 3.8) is 0 Å². The number of hydrogen-bond donors (Lipinski definition) is 0. The lowest BCUT2D eigenvalue weighted by Crippen LogP contribution is -2.36. The molecule has 5 nitrogen and oxygen atoms in total. The Kier molecular flexibility index (Phi) is 5.96. The Balaban J connectivity index is 1.64. The van der Waals surface area contributed by atoms with E-state index in [2.05, 4.69) is 10.1 Å². The van der Waals surface area contributed by atoms with Crippen molar-refractivity contribution in [2.24, 2.45) is 5.16 Å². The number of carbonyl (C=O) groups is 1. The van der Waals surface area contributed by atoms with Crippen LogP contribution < -0.4 is 0 Å². The summed E-state index contributed by atoms with van der Waals surface area (Å²) in [6.07, 6.45) is -0.490. The summed E-state index contributed by atoms with van der Waals surface area (Å²) in [5.41, 5.74) is 1.54. The third-order valence-electron chi connectivity index (χ3n) is 4.46. The van der Waals surface area contributed by atoms with E-state index in [0.717, 1.165) is 23.4 Å². The van der Waals surface area contributed by atoms with Gasteiger partial charge in [0.1, 0.15) is 0 Å². The minimum absolute atomic E-state index is 0.0988. The zero-order valence-electron chi connectivity index (χ0n) is 15.3. The van der Waals surface area contributed by atoms with Crippen LogP contribution in [0.4, 0.5) is 13.2 Å². The number of pyridine rings is 1. The van der Waals surface area contributed by atoms with Gasteiger partial charge in [0.15, 0.2) is 6.10 Å². The van der Waals surface area contributed by atoms with E-state index in [9.17, 15) is 18.0 Å². The predicted molar refractivity (Wildman–Crippen MR) is 97.4 cm³/mol. The fourth-order valence-corrected chi connectivity index (χ4v) is 2.97. The predicted octanol–water partition coefficient (Wildman–Crippen LogP) is 4.03. The van der Waals surface area contributed by atoms with Gasteiger partial charge in [-0.15, -0.1) is 0 Å². The van der Waals surface area contributed by atoms with Gasteiger partial charge in [-0.05, 0) is 29.8 Å². The summed E-state index contributed by atoms with van der Waals surface area (Å²) < 4.78 is 38.1. The lowest BCUT2D eigenvalue weighted by molar-refractivity contribution is -0.137. The number of oxime groups is 1. The van der Waals surface area contributed by atoms with Crippen LogP contribution in [0.3, 0.4) is 0 Å². The van der Waals surface area contributed by atoms with Crippen molar-refractivity contribution in [2.75, 3.05) is 6.54 Å². The molecule has 0 spiro atoms. The Morgan fingerprint density at radius 2 is 2.00 bits per heavy atom. The second-order valence-corrected chi connectivity index (χ2v) is 6.53. The molecule has 2 aromatic rings. The number of benzene rings is 1. The summed E-state index contributed by atoms with van der Waals surface area (Å²) in [4.78, 5) is 23.4. The molecule has 0 radical (unpaired) electrons. The van der Waals surface area contributed by atoms with Gasteiger partial charge >= 0.3 is 6.18 Å². The van der Waals surface area contributed by atoms with Gasteiger partial charge in [-0.1, -0.05) is 24.2 Å².